The number of thiophene rings is 1. The van der Waals surface area contributed by atoms with Crippen LogP contribution in [0.15, 0.2) is 72.1 Å². The molecule has 0 amide bonds. The standard InChI is InChI=1S/C21H18N4O2S/c1-27-17-11-9-15(10-12-17)14-22-21-23-19(18-8-5-13-28-18)24-25(21)20(26)16-6-3-2-4-7-16/h2-13H,14H2,1H3,(H,22,23,24). The predicted molar refractivity (Wildman–Crippen MR) is 110 cm³/mol. The number of rotatable bonds is 6. The molecule has 2 heterocycles. The molecule has 28 heavy (non-hydrogen) atoms. The van der Waals surface area contributed by atoms with E-state index in [0.29, 0.717) is 23.9 Å². The number of nitrogens with zero attached hydrogens (tertiary/aromatic N) is 3. The Morgan fingerprint density at radius 3 is 2.54 bits per heavy atom. The molecular formula is C21H18N4O2S. The van der Waals surface area contributed by atoms with Gasteiger partial charge >= 0.3 is 0 Å². The number of hydrogen-bond acceptors (Lipinski definition) is 6. The van der Waals surface area contributed by atoms with Crippen molar-refractivity contribution in [3.63, 3.8) is 0 Å². The van der Waals surface area contributed by atoms with Gasteiger partial charge in [0, 0.05) is 12.1 Å². The fourth-order valence-electron chi connectivity index (χ4n) is 2.71. The molecule has 0 atom stereocenters. The topological polar surface area (TPSA) is 69.0 Å². The molecule has 1 N–H and O–H groups in total. The Kier molecular flexibility index (Phi) is 5.16. The van der Waals surface area contributed by atoms with Crippen molar-refractivity contribution in [3.8, 4) is 16.5 Å². The molecule has 7 heteroatoms. The Bertz CT molecular complexity index is 1060. The van der Waals surface area contributed by atoms with Gasteiger partial charge in [-0.1, -0.05) is 36.4 Å². The van der Waals surface area contributed by atoms with Crippen LogP contribution in [0.1, 0.15) is 15.9 Å². The highest BCUT2D eigenvalue weighted by Gasteiger charge is 2.19. The van der Waals surface area contributed by atoms with Crippen LogP contribution in [0.2, 0.25) is 0 Å². The van der Waals surface area contributed by atoms with Gasteiger partial charge in [0.05, 0.1) is 12.0 Å². The zero-order valence-electron chi connectivity index (χ0n) is 15.2. The third kappa shape index (κ3) is 3.79. The molecule has 0 aliphatic carbocycles. The fourth-order valence-corrected chi connectivity index (χ4v) is 3.36. The van der Waals surface area contributed by atoms with Gasteiger partial charge in [-0.2, -0.15) is 9.67 Å². The summed E-state index contributed by atoms with van der Waals surface area (Å²) in [6.45, 7) is 0.509. The molecule has 6 nitrogen and oxygen atoms in total. The Hall–Kier alpha value is -3.45. The number of methoxy groups -OCH3 is 1. The molecule has 0 unspecified atom stereocenters. The van der Waals surface area contributed by atoms with Crippen molar-refractivity contribution in [3.05, 3.63) is 83.2 Å². The van der Waals surface area contributed by atoms with Gasteiger partial charge in [0.15, 0.2) is 5.82 Å². The lowest BCUT2D eigenvalue weighted by molar-refractivity contribution is 0.0947. The van der Waals surface area contributed by atoms with Gasteiger partial charge in [-0.25, -0.2) is 0 Å². The number of hydrogen-bond donors (Lipinski definition) is 1. The van der Waals surface area contributed by atoms with Crippen molar-refractivity contribution in [2.75, 3.05) is 12.4 Å². The third-order valence-electron chi connectivity index (χ3n) is 4.17. The number of benzene rings is 2. The molecule has 0 spiro atoms. The van der Waals surface area contributed by atoms with Crippen LogP contribution in [-0.2, 0) is 6.54 Å². The zero-order chi connectivity index (χ0) is 19.3. The van der Waals surface area contributed by atoms with E-state index in [9.17, 15) is 4.79 Å². The largest absolute Gasteiger partial charge is 0.497 e. The van der Waals surface area contributed by atoms with Gasteiger partial charge in [-0.15, -0.1) is 16.4 Å². The Labute approximate surface area is 166 Å². The molecule has 0 saturated carbocycles. The van der Waals surface area contributed by atoms with Crippen LogP contribution in [0.5, 0.6) is 5.75 Å². The van der Waals surface area contributed by atoms with Crippen molar-refractivity contribution < 1.29 is 9.53 Å². The molecule has 0 aliphatic heterocycles. The summed E-state index contributed by atoms with van der Waals surface area (Å²) in [6, 6.07) is 20.7. The summed E-state index contributed by atoms with van der Waals surface area (Å²) in [7, 11) is 1.64. The maximum absolute atomic E-state index is 13.0. The minimum atomic E-state index is -0.229. The Balaban J connectivity index is 1.63. The van der Waals surface area contributed by atoms with Crippen molar-refractivity contribution in [1.29, 1.82) is 0 Å². The van der Waals surface area contributed by atoms with Crippen molar-refractivity contribution in [1.82, 2.24) is 14.8 Å². The number of carbonyl (C=O) groups excluding carboxylic acids is 1. The number of aromatic nitrogens is 3. The molecule has 2 aromatic carbocycles. The number of carbonyl (C=O) groups is 1. The normalized spacial score (nSPS) is 10.6. The quantitative estimate of drug-likeness (QED) is 0.531. The second kappa shape index (κ2) is 8.06. The lowest BCUT2D eigenvalue weighted by Gasteiger charge is -2.08. The van der Waals surface area contributed by atoms with Crippen LogP contribution in [0.4, 0.5) is 5.95 Å². The van der Waals surface area contributed by atoms with Gasteiger partial charge in [-0.05, 0) is 41.3 Å². The SMILES string of the molecule is COc1ccc(CNc2nc(-c3cccs3)nn2C(=O)c2ccccc2)cc1. The van der Waals surface area contributed by atoms with E-state index in [1.807, 2.05) is 60.0 Å². The van der Waals surface area contributed by atoms with E-state index in [4.69, 9.17) is 4.74 Å². The first-order chi connectivity index (χ1) is 13.7. The van der Waals surface area contributed by atoms with Crippen LogP contribution in [0, 0.1) is 0 Å². The highest BCUT2D eigenvalue weighted by Crippen LogP contribution is 2.24. The summed E-state index contributed by atoms with van der Waals surface area (Å²) in [5.41, 5.74) is 1.60. The van der Waals surface area contributed by atoms with Gasteiger partial charge < -0.3 is 10.1 Å². The summed E-state index contributed by atoms with van der Waals surface area (Å²) in [5, 5.41) is 9.64. The molecule has 0 bridgehead atoms. The average molecular weight is 390 g/mol. The average Bonchev–Trinajstić information content (AvgIpc) is 3.42. The monoisotopic (exact) mass is 390 g/mol. The number of anilines is 1. The van der Waals surface area contributed by atoms with Crippen LogP contribution >= 0.6 is 11.3 Å². The van der Waals surface area contributed by atoms with Gasteiger partial charge in [0.1, 0.15) is 5.75 Å². The summed E-state index contributed by atoms with van der Waals surface area (Å²) in [4.78, 5) is 18.4. The first-order valence-corrected chi connectivity index (χ1v) is 9.60. The summed E-state index contributed by atoms with van der Waals surface area (Å²) in [6.07, 6.45) is 0. The maximum atomic E-state index is 13.0. The van der Waals surface area contributed by atoms with Gasteiger partial charge in [0.2, 0.25) is 5.95 Å². The summed E-state index contributed by atoms with van der Waals surface area (Å²) >= 11 is 1.53. The van der Waals surface area contributed by atoms with Gasteiger partial charge in [0.25, 0.3) is 5.91 Å². The second-order valence-electron chi connectivity index (χ2n) is 6.02. The van der Waals surface area contributed by atoms with Crippen molar-refractivity contribution in [2.24, 2.45) is 0 Å². The minimum Gasteiger partial charge on any atom is -0.497 e. The zero-order valence-corrected chi connectivity index (χ0v) is 16.0. The lowest BCUT2D eigenvalue weighted by atomic mass is 10.2. The minimum absolute atomic E-state index is 0.229. The van der Waals surface area contributed by atoms with E-state index in [2.05, 4.69) is 15.4 Å². The molecule has 140 valence electrons. The maximum Gasteiger partial charge on any atom is 0.281 e. The Morgan fingerprint density at radius 2 is 1.86 bits per heavy atom. The number of nitrogens with one attached hydrogen (secondary N) is 1. The summed E-state index contributed by atoms with van der Waals surface area (Å²) < 4.78 is 6.51. The molecule has 0 fully saturated rings. The molecule has 0 saturated heterocycles. The fraction of sp³-hybridized carbons (Fsp3) is 0.0952. The smallest absolute Gasteiger partial charge is 0.281 e. The van der Waals surface area contributed by atoms with E-state index in [1.54, 1.807) is 19.2 Å². The Morgan fingerprint density at radius 1 is 1.07 bits per heavy atom. The summed E-state index contributed by atoms with van der Waals surface area (Å²) in [5.74, 6) is 1.50. The number of ether oxygens (including phenoxy) is 1. The third-order valence-corrected chi connectivity index (χ3v) is 5.04. The molecule has 0 radical (unpaired) electrons. The highest BCUT2D eigenvalue weighted by molar-refractivity contribution is 7.13. The van der Waals surface area contributed by atoms with Crippen LogP contribution < -0.4 is 10.1 Å². The van der Waals surface area contributed by atoms with Crippen LogP contribution in [0.3, 0.4) is 0 Å². The van der Waals surface area contributed by atoms with Crippen LogP contribution in [-0.4, -0.2) is 27.8 Å². The molecule has 2 aromatic heterocycles. The molecular weight excluding hydrogens is 372 g/mol. The molecule has 0 aliphatic rings. The van der Waals surface area contributed by atoms with Crippen molar-refractivity contribution in [2.45, 2.75) is 6.54 Å². The van der Waals surface area contributed by atoms with E-state index >= 15 is 0 Å². The van der Waals surface area contributed by atoms with E-state index in [1.165, 1.54) is 16.0 Å². The van der Waals surface area contributed by atoms with Gasteiger partial charge in [-0.3, -0.25) is 4.79 Å². The molecule has 4 aromatic rings. The van der Waals surface area contributed by atoms with E-state index in [0.717, 1.165) is 16.2 Å². The predicted octanol–water partition coefficient (Wildman–Crippen LogP) is 4.32. The molecule has 4 rings (SSSR count). The first-order valence-electron chi connectivity index (χ1n) is 8.72. The van der Waals surface area contributed by atoms with E-state index < -0.39 is 0 Å². The van der Waals surface area contributed by atoms with E-state index in [-0.39, 0.29) is 5.91 Å². The highest BCUT2D eigenvalue weighted by atomic mass is 32.1. The first kappa shape index (κ1) is 17.9. The van der Waals surface area contributed by atoms with Crippen molar-refractivity contribution >= 4 is 23.2 Å². The van der Waals surface area contributed by atoms with Crippen LogP contribution in [0.25, 0.3) is 10.7 Å². The second-order valence-corrected chi connectivity index (χ2v) is 6.97. The lowest BCUT2D eigenvalue weighted by Crippen LogP contribution is -2.17.